The molecule has 0 saturated carbocycles. The highest BCUT2D eigenvalue weighted by Crippen LogP contribution is 2.35. The van der Waals surface area contributed by atoms with Crippen LogP contribution in [-0.2, 0) is 14.3 Å². The molecule has 1 rings (SSSR count). The van der Waals surface area contributed by atoms with Gasteiger partial charge in [0.15, 0.2) is 0 Å². The average molecular weight is 404 g/mol. The van der Waals surface area contributed by atoms with Crippen LogP contribution in [0.4, 0.5) is 10.1 Å². The van der Waals surface area contributed by atoms with E-state index in [2.05, 4.69) is 5.32 Å². The minimum atomic E-state index is -0.605. The Balaban J connectivity index is 2.83. The van der Waals surface area contributed by atoms with Gasteiger partial charge in [-0.05, 0) is 30.9 Å². The molecule has 4 nitrogen and oxygen atoms in total. The molecule has 0 aliphatic rings. The zero-order valence-electron chi connectivity index (χ0n) is 15.9. The third kappa shape index (κ3) is 7.54. The van der Waals surface area contributed by atoms with E-state index in [9.17, 15) is 14.0 Å². The predicted molar refractivity (Wildman–Crippen MR) is 105 cm³/mol. The maximum absolute atomic E-state index is 14.1. The lowest BCUT2D eigenvalue weighted by Gasteiger charge is -2.15. The zero-order chi connectivity index (χ0) is 19.9. The van der Waals surface area contributed by atoms with E-state index in [0.29, 0.717) is 17.9 Å². The van der Waals surface area contributed by atoms with Gasteiger partial charge in [0, 0.05) is 11.3 Å². The van der Waals surface area contributed by atoms with Crippen LogP contribution in [-0.4, -0.2) is 23.7 Å². The van der Waals surface area contributed by atoms with Crippen LogP contribution in [0.5, 0.6) is 0 Å². The van der Waals surface area contributed by atoms with Crippen molar-refractivity contribution in [1.82, 2.24) is 0 Å². The van der Waals surface area contributed by atoms with Crippen LogP contribution in [0.2, 0.25) is 5.02 Å². The predicted octanol–water partition coefficient (Wildman–Crippen LogP) is 5.53. The van der Waals surface area contributed by atoms with Crippen molar-refractivity contribution in [1.29, 1.82) is 0 Å². The number of thioether (sulfide) groups is 1. The normalized spacial score (nSPS) is 13.4. The second-order valence-electron chi connectivity index (χ2n) is 6.81. The van der Waals surface area contributed by atoms with E-state index >= 15 is 0 Å². The van der Waals surface area contributed by atoms with Crippen LogP contribution in [0.3, 0.4) is 0 Å². The third-order valence-electron chi connectivity index (χ3n) is 3.72. The first-order valence-electron chi connectivity index (χ1n) is 8.76. The van der Waals surface area contributed by atoms with Crippen molar-refractivity contribution < 1.29 is 18.7 Å². The average Bonchev–Trinajstić information content (AvgIpc) is 2.56. The van der Waals surface area contributed by atoms with Gasteiger partial charge in [-0.25, -0.2) is 4.39 Å². The van der Waals surface area contributed by atoms with Crippen molar-refractivity contribution in [2.75, 3.05) is 11.9 Å². The summed E-state index contributed by atoms with van der Waals surface area (Å²) in [6.45, 7) is 9.91. The first kappa shape index (κ1) is 22.8. The molecule has 2 atom stereocenters. The Morgan fingerprint density at radius 2 is 1.92 bits per heavy atom. The Hall–Kier alpha value is -1.27. The molecule has 1 aromatic carbocycles. The van der Waals surface area contributed by atoms with Gasteiger partial charge in [0.05, 0.1) is 17.3 Å². The topological polar surface area (TPSA) is 55.4 Å². The SMILES string of the molecule is CCC(C)CC(=O)Nc1cc(SC(C)C(=O)OCC(C)C)c(Cl)cc1F. The number of halogens is 2. The summed E-state index contributed by atoms with van der Waals surface area (Å²) in [4.78, 5) is 24.5. The molecule has 0 bridgehead atoms. The molecule has 2 unspecified atom stereocenters. The second kappa shape index (κ2) is 10.8. The Morgan fingerprint density at radius 3 is 2.50 bits per heavy atom. The maximum Gasteiger partial charge on any atom is 0.319 e. The molecule has 0 saturated heterocycles. The number of hydrogen-bond acceptors (Lipinski definition) is 4. The van der Waals surface area contributed by atoms with Gasteiger partial charge >= 0.3 is 5.97 Å². The Morgan fingerprint density at radius 1 is 1.27 bits per heavy atom. The van der Waals surface area contributed by atoms with Crippen molar-refractivity contribution >= 4 is 40.9 Å². The van der Waals surface area contributed by atoms with Crippen molar-refractivity contribution in [3.8, 4) is 0 Å². The highest BCUT2D eigenvalue weighted by molar-refractivity contribution is 8.00. The maximum atomic E-state index is 14.1. The lowest BCUT2D eigenvalue weighted by atomic mass is 10.1. The fourth-order valence-electron chi connectivity index (χ4n) is 1.98. The second-order valence-corrected chi connectivity index (χ2v) is 8.60. The molecule has 0 aliphatic heterocycles. The number of carbonyl (C=O) groups excluding carboxylic acids is 2. The molecule has 1 aromatic rings. The number of hydrogen-bond donors (Lipinski definition) is 1. The van der Waals surface area contributed by atoms with E-state index in [1.165, 1.54) is 17.8 Å². The molecule has 1 N–H and O–H groups in total. The van der Waals surface area contributed by atoms with Crippen LogP contribution in [0.25, 0.3) is 0 Å². The van der Waals surface area contributed by atoms with Gasteiger partial charge in [0.1, 0.15) is 11.1 Å². The van der Waals surface area contributed by atoms with Crippen LogP contribution < -0.4 is 5.32 Å². The van der Waals surface area contributed by atoms with Gasteiger partial charge in [0.25, 0.3) is 0 Å². The largest absolute Gasteiger partial charge is 0.465 e. The quantitative estimate of drug-likeness (QED) is 0.434. The molecule has 7 heteroatoms. The first-order chi connectivity index (χ1) is 12.1. The van der Waals surface area contributed by atoms with Gasteiger partial charge in [-0.15, -0.1) is 11.8 Å². The van der Waals surface area contributed by atoms with Crippen molar-refractivity contribution in [2.24, 2.45) is 11.8 Å². The van der Waals surface area contributed by atoms with E-state index < -0.39 is 11.1 Å². The van der Waals surface area contributed by atoms with E-state index in [-0.39, 0.29) is 34.4 Å². The third-order valence-corrected chi connectivity index (χ3v) is 5.28. The van der Waals surface area contributed by atoms with Crippen LogP contribution in [0, 0.1) is 17.7 Å². The summed E-state index contributed by atoms with van der Waals surface area (Å²) >= 11 is 7.27. The molecule has 26 heavy (non-hydrogen) atoms. The fourth-order valence-corrected chi connectivity index (χ4v) is 3.17. The molecule has 0 spiro atoms. The summed E-state index contributed by atoms with van der Waals surface area (Å²) in [5.41, 5.74) is 0.0629. The van der Waals surface area contributed by atoms with Crippen molar-refractivity contribution in [3.63, 3.8) is 0 Å². The molecular weight excluding hydrogens is 377 g/mol. The molecule has 1 amide bonds. The number of esters is 1. The molecule has 0 radical (unpaired) electrons. The number of rotatable bonds is 9. The first-order valence-corrected chi connectivity index (χ1v) is 10.0. The van der Waals surface area contributed by atoms with Gasteiger partial charge < -0.3 is 10.1 Å². The summed E-state index contributed by atoms with van der Waals surface area (Å²) in [6.07, 6.45) is 1.19. The Labute approximate surface area is 164 Å². The molecule has 0 heterocycles. The monoisotopic (exact) mass is 403 g/mol. The molecule has 146 valence electrons. The summed E-state index contributed by atoms with van der Waals surface area (Å²) in [5.74, 6) is -0.743. The number of anilines is 1. The Kier molecular flexibility index (Phi) is 9.44. The van der Waals surface area contributed by atoms with Gasteiger partial charge in [-0.3, -0.25) is 9.59 Å². The minimum absolute atomic E-state index is 0.0629. The summed E-state index contributed by atoms with van der Waals surface area (Å²) in [5, 5.41) is 2.27. The number of benzene rings is 1. The van der Waals surface area contributed by atoms with Gasteiger partial charge in [-0.2, -0.15) is 0 Å². The number of carbonyl (C=O) groups is 2. The fraction of sp³-hybridized carbons (Fsp3) is 0.579. The van der Waals surface area contributed by atoms with E-state index in [0.717, 1.165) is 12.5 Å². The smallest absolute Gasteiger partial charge is 0.319 e. The molecule has 0 fully saturated rings. The van der Waals surface area contributed by atoms with Gasteiger partial charge in [-0.1, -0.05) is 45.7 Å². The number of nitrogens with one attached hydrogen (secondary N) is 1. The highest BCUT2D eigenvalue weighted by atomic mass is 35.5. The van der Waals surface area contributed by atoms with Crippen LogP contribution in [0.15, 0.2) is 17.0 Å². The highest BCUT2D eigenvalue weighted by Gasteiger charge is 2.20. The van der Waals surface area contributed by atoms with Crippen molar-refractivity contribution in [2.45, 2.75) is 57.6 Å². The minimum Gasteiger partial charge on any atom is -0.465 e. The standard InChI is InChI=1S/C19H27ClFNO3S/c1-6-12(4)7-18(23)22-16-9-17(14(20)8-15(16)21)26-13(5)19(24)25-10-11(2)3/h8-9,11-13H,6-7,10H2,1-5H3,(H,22,23). The van der Waals surface area contributed by atoms with E-state index in [1.807, 2.05) is 27.7 Å². The molecule has 0 aliphatic carbocycles. The summed E-state index contributed by atoms with van der Waals surface area (Å²) in [7, 11) is 0. The Bertz CT molecular complexity index is 639. The molecular formula is C19H27ClFNO3S. The van der Waals surface area contributed by atoms with Crippen LogP contribution in [0.1, 0.15) is 47.5 Å². The van der Waals surface area contributed by atoms with Crippen molar-refractivity contribution in [3.05, 3.63) is 23.0 Å². The number of amides is 1. The zero-order valence-corrected chi connectivity index (χ0v) is 17.5. The van der Waals surface area contributed by atoms with Crippen LogP contribution >= 0.6 is 23.4 Å². The molecule has 0 aromatic heterocycles. The lowest BCUT2D eigenvalue weighted by molar-refractivity contribution is -0.143. The number of ether oxygens (including phenoxy) is 1. The van der Waals surface area contributed by atoms with Gasteiger partial charge in [0.2, 0.25) is 5.91 Å². The summed E-state index contributed by atoms with van der Waals surface area (Å²) in [6, 6.07) is 2.61. The lowest BCUT2D eigenvalue weighted by Crippen LogP contribution is -2.19. The van der Waals surface area contributed by atoms with E-state index in [1.54, 1.807) is 6.92 Å². The summed E-state index contributed by atoms with van der Waals surface area (Å²) < 4.78 is 19.3. The van der Waals surface area contributed by atoms with E-state index in [4.69, 9.17) is 16.3 Å².